The summed E-state index contributed by atoms with van der Waals surface area (Å²) >= 11 is 0. The van der Waals surface area contributed by atoms with Crippen LogP contribution in [0.1, 0.15) is 31.1 Å². The molecule has 0 saturated carbocycles. The van der Waals surface area contributed by atoms with Gasteiger partial charge in [-0.3, -0.25) is 14.4 Å². The van der Waals surface area contributed by atoms with Crippen molar-refractivity contribution in [3.05, 3.63) is 89.5 Å². The van der Waals surface area contributed by atoms with Crippen LogP contribution in [0.25, 0.3) is 0 Å². The molecule has 0 aliphatic heterocycles. The molecule has 0 atom stereocenters. The first-order valence-corrected chi connectivity index (χ1v) is 9.76. The second-order valence-corrected chi connectivity index (χ2v) is 7.64. The third-order valence-corrected chi connectivity index (χ3v) is 5.66. The lowest BCUT2D eigenvalue weighted by Crippen LogP contribution is -2.15. The summed E-state index contributed by atoms with van der Waals surface area (Å²) < 4.78 is 25.0. The predicted molar refractivity (Wildman–Crippen MR) is 104 cm³/mol. The molecule has 28 heavy (non-hydrogen) atoms. The number of benzene rings is 3. The fourth-order valence-electron chi connectivity index (χ4n) is 2.35. The van der Waals surface area contributed by atoms with Gasteiger partial charge in [0.1, 0.15) is 30.4 Å². The first kappa shape index (κ1) is 19.3. The van der Waals surface area contributed by atoms with Gasteiger partial charge in [-0.25, -0.2) is 4.57 Å². The molecule has 140 valence electrons. The molecule has 0 aromatic heterocycles. The molecule has 3 rings (SSSR count). The van der Waals surface area contributed by atoms with Crippen LogP contribution < -0.4 is 14.4 Å². The molecule has 0 heterocycles. The van der Waals surface area contributed by atoms with E-state index in [1.165, 1.54) is 72.8 Å². The maximum Gasteiger partial charge on any atom is 0.462 e. The Hall–Kier alpha value is -3.50. The highest BCUT2D eigenvalue weighted by atomic mass is 31.2. The topological polar surface area (TPSA) is 86.7 Å². The summed E-state index contributed by atoms with van der Waals surface area (Å²) in [5.41, 5.74) is 1.31. The summed E-state index contributed by atoms with van der Waals surface area (Å²) in [4.78, 5) is 32.5. The zero-order chi connectivity index (χ0) is 20.0. The van der Waals surface area contributed by atoms with E-state index < -0.39 is 7.60 Å². The van der Waals surface area contributed by atoms with Crippen molar-refractivity contribution in [1.29, 1.82) is 0 Å². The molecule has 0 saturated heterocycles. The minimum atomic E-state index is -3.89. The van der Waals surface area contributed by atoms with Gasteiger partial charge in [-0.1, -0.05) is 12.1 Å². The minimum absolute atomic E-state index is 0.247. The van der Waals surface area contributed by atoms with Crippen molar-refractivity contribution >= 4 is 31.8 Å². The summed E-state index contributed by atoms with van der Waals surface area (Å²) in [5.74, 6) is 0.496. The molecule has 0 N–H and O–H groups in total. The average molecular weight is 394 g/mol. The van der Waals surface area contributed by atoms with E-state index in [-0.39, 0.29) is 16.8 Å². The van der Waals surface area contributed by atoms with Crippen molar-refractivity contribution in [3.63, 3.8) is 0 Å². The Morgan fingerprint density at radius 1 is 0.536 bits per heavy atom. The molecule has 3 aromatic rings. The van der Waals surface area contributed by atoms with E-state index in [0.717, 1.165) is 0 Å². The lowest BCUT2D eigenvalue weighted by molar-refractivity contribution is 0.111. The van der Waals surface area contributed by atoms with Gasteiger partial charge in [0, 0.05) is 16.7 Å². The average Bonchev–Trinajstić information content (AvgIpc) is 2.75. The van der Waals surface area contributed by atoms with Gasteiger partial charge in [0.2, 0.25) is 0 Å². The van der Waals surface area contributed by atoms with Gasteiger partial charge in [-0.2, -0.15) is 0 Å². The number of hydrogen-bond acceptors (Lipinski definition) is 6. The fraction of sp³-hybridized carbons (Fsp3) is 0. The van der Waals surface area contributed by atoms with Gasteiger partial charge in [-0.15, -0.1) is 0 Å². The molecule has 6 nitrogen and oxygen atoms in total. The Bertz CT molecular complexity index is 967. The molecule has 0 aliphatic rings. The molecule has 0 fully saturated rings. The first-order valence-electron chi connectivity index (χ1n) is 8.22. The largest absolute Gasteiger partial charge is 0.462 e. The maximum absolute atomic E-state index is 13.6. The zero-order valence-corrected chi connectivity index (χ0v) is 15.5. The second kappa shape index (κ2) is 8.46. The van der Waals surface area contributed by atoms with E-state index in [1.807, 2.05) is 0 Å². The smallest absolute Gasteiger partial charge is 0.413 e. The van der Waals surface area contributed by atoms with E-state index >= 15 is 0 Å². The van der Waals surface area contributed by atoms with Crippen LogP contribution in [0.3, 0.4) is 0 Å². The van der Waals surface area contributed by atoms with Crippen LogP contribution in [0.2, 0.25) is 0 Å². The Labute approximate surface area is 161 Å². The van der Waals surface area contributed by atoms with Gasteiger partial charge in [-0.05, 0) is 60.7 Å². The summed E-state index contributed by atoms with van der Waals surface area (Å²) in [7, 11) is -3.89. The highest BCUT2D eigenvalue weighted by Gasteiger charge is 2.31. The maximum atomic E-state index is 13.6. The Kier molecular flexibility index (Phi) is 5.82. The zero-order valence-electron chi connectivity index (χ0n) is 14.6. The van der Waals surface area contributed by atoms with Crippen molar-refractivity contribution < 1.29 is 28.0 Å². The second-order valence-electron chi connectivity index (χ2n) is 5.76. The number of aldehydes is 3. The third kappa shape index (κ3) is 4.42. The number of hydrogen-bond donors (Lipinski definition) is 0. The predicted octanol–water partition coefficient (Wildman–Crippen LogP) is 4.10. The lowest BCUT2D eigenvalue weighted by atomic mass is 10.2. The van der Waals surface area contributed by atoms with Crippen LogP contribution in [0.15, 0.2) is 72.8 Å². The Balaban J connectivity index is 1.97. The third-order valence-electron chi connectivity index (χ3n) is 3.83. The van der Waals surface area contributed by atoms with E-state index in [2.05, 4.69) is 0 Å². The van der Waals surface area contributed by atoms with Crippen LogP contribution in [0.5, 0.6) is 11.5 Å². The van der Waals surface area contributed by atoms with Crippen molar-refractivity contribution in [2.75, 3.05) is 0 Å². The normalized spacial score (nSPS) is 10.7. The Morgan fingerprint density at radius 3 is 1.18 bits per heavy atom. The van der Waals surface area contributed by atoms with Crippen LogP contribution in [0, 0.1) is 0 Å². The van der Waals surface area contributed by atoms with Gasteiger partial charge in [0.05, 0.1) is 5.30 Å². The monoisotopic (exact) mass is 394 g/mol. The molecule has 3 aromatic carbocycles. The van der Waals surface area contributed by atoms with E-state index in [0.29, 0.717) is 35.5 Å². The van der Waals surface area contributed by atoms with Gasteiger partial charge >= 0.3 is 7.60 Å². The molecule has 0 radical (unpaired) electrons. The van der Waals surface area contributed by atoms with Crippen LogP contribution in [0.4, 0.5) is 0 Å². The minimum Gasteiger partial charge on any atom is -0.413 e. The molecular formula is C21H15O6P. The molecule has 0 bridgehead atoms. The van der Waals surface area contributed by atoms with Crippen molar-refractivity contribution in [1.82, 2.24) is 0 Å². The van der Waals surface area contributed by atoms with E-state index in [9.17, 15) is 18.9 Å². The quantitative estimate of drug-likeness (QED) is 0.422. The molecule has 0 amide bonds. The number of carbonyl (C=O) groups excluding carboxylic acids is 3. The van der Waals surface area contributed by atoms with Crippen molar-refractivity contribution in [3.8, 4) is 11.5 Å². The first-order chi connectivity index (χ1) is 13.6. The van der Waals surface area contributed by atoms with Crippen LogP contribution in [-0.4, -0.2) is 18.9 Å². The van der Waals surface area contributed by atoms with Gasteiger partial charge in [0.25, 0.3) is 0 Å². The van der Waals surface area contributed by atoms with Crippen LogP contribution >= 0.6 is 7.60 Å². The summed E-state index contributed by atoms with van der Waals surface area (Å²) in [6, 6.07) is 18.1. The lowest BCUT2D eigenvalue weighted by Gasteiger charge is -2.20. The SMILES string of the molecule is O=Cc1ccc(OP(=O)(Oc2ccc(C=O)cc2)c2ccc(C=O)cc2)cc1. The van der Waals surface area contributed by atoms with Crippen molar-refractivity contribution in [2.45, 2.75) is 0 Å². The fourth-order valence-corrected chi connectivity index (χ4v) is 3.91. The van der Waals surface area contributed by atoms with E-state index in [4.69, 9.17) is 9.05 Å². The summed E-state index contributed by atoms with van der Waals surface area (Å²) in [6.07, 6.45) is 2.05. The van der Waals surface area contributed by atoms with Crippen LogP contribution in [-0.2, 0) is 4.57 Å². The van der Waals surface area contributed by atoms with Crippen molar-refractivity contribution in [2.24, 2.45) is 0 Å². The molecular weight excluding hydrogens is 379 g/mol. The Morgan fingerprint density at radius 2 is 0.857 bits per heavy atom. The summed E-state index contributed by atoms with van der Waals surface area (Å²) in [5, 5.41) is 0.247. The highest BCUT2D eigenvalue weighted by molar-refractivity contribution is 7.63. The number of carbonyl (C=O) groups is 3. The molecule has 0 unspecified atom stereocenters. The van der Waals surface area contributed by atoms with Gasteiger partial charge < -0.3 is 9.05 Å². The summed E-state index contributed by atoms with van der Waals surface area (Å²) in [6.45, 7) is 0. The van der Waals surface area contributed by atoms with E-state index in [1.54, 1.807) is 0 Å². The highest BCUT2D eigenvalue weighted by Crippen LogP contribution is 2.47. The molecule has 0 aliphatic carbocycles. The molecule has 0 spiro atoms. The standard InChI is InChI=1S/C21H15O6P/c22-13-16-1-7-19(8-2-16)26-28(25,21-11-5-18(15-24)6-12-21)27-20-9-3-17(14-23)4-10-20/h1-15H. The number of rotatable bonds is 8. The van der Waals surface area contributed by atoms with Gasteiger partial charge in [0.15, 0.2) is 0 Å². The molecule has 7 heteroatoms.